The van der Waals surface area contributed by atoms with Crippen LogP contribution in [0.15, 0.2) is 6.20 Å². The van der Waals surface area contributed by atoms with Gasteiger partial charge in [-0.05, 0) is 19.8 Å². The lowest BCUT2D eigenvalue weighted by atomic mass is 10.0. The lowest BCUT2D eigenvalue weighted by molar-refractivity contribution is 0.0899. The first-order valence-corrected chi connectivity index (χ1v) is 7.56. The molecular formula is C15H30N4O. The molecule has 1 rings (SSSR count). The molecule has 0 amide bonds. The summed E-state index contributed by atoms with van der Waals surface area (Å²) in [6, 6.07) is 0.687. The zero-order valence-corrected chi connectivity index (χ0v) is 13.6. The minimum absolute atomic E-state index is 0.212. The van der Waals surface area contributed by atoms with Crippen LogP contribution in [-0.4, -0.2) is 47.5 Å². The Morgan fingerprint density at radius 1 is 1.45 bits per heavy atom. The van der Waals surface area contributed by atoms with Crippen molar-refractivity contribution in [3.05, 3.63) is 17.5 Å². The normalized spacial score (nSPS) is 14.8. The Labute approximate surface area is 123 Å². The van der Waals surface area contributed by atoms with Crippen LogP contribution in [-0.2, 0) is 18.2 Å². The highest BCUT2D eigenvalue weighted by Gasteiger charge is 2.26. The lowest BCUT2D eigenvalue weighted by Crippen LogP contribution is -2.42. The Bertz CT molecular complexity index is 391. The van der Waals surface area contributed by atoms with Gasteiger partial charge in [-0.15, -0.1) is 0 Å². The van der Waals surface area contributed by atoms with E-state index in [0.29, 0.717) is 12.6 Å². The molecule has 0 aliphatic carbocycles. The van der Waals surface area contributed by atoms with E-state index >= 15 is 0 Å². The van der Waals surface area contributed by atoms with Crippen molar-refractivity contribution >= 4 is 0 Å². The second-order valence-corrected chi connectivity index (χ2v) is 5.30. The zero-order valence-electron chi connectivity index (χ0n) is 13.6. The van der Waals surface area contributed by atoms with Crippen molar-refractivity contribution in [3.8, 4) is 0 Å². The van der Waals surface area contributed by atoms with Gasteiger partial charge in [-0.25, -0.2) is 0 Å². The molecule has 0 aromatic carbocycles. The van der Waals surface area contributed by atoms with E-state index in [0.717, 1.165) is 31.7 Å². The van der Waals surface area contributed by atoms with Crippen LogP contribution >= 0.6 is 0 Å². The second-order valence-electron chi connectivity index (χ2n) is 5.30. The van der Waals surface area contributed by atoms with Crippen molar-refractivity contribution in [2.45, 2.75) is 45.7 Å². The number of nitrogens with two attached hydrogens (primary N) is 1. The number of aromatic nitrogens is 2. The predicted molar refractivity (Wildman–Crippen MR) is 82.7 cm³/mol. The van der Waals surface area contributed by atoms with Gasteiger partial charge in [0, 0.05) is 45.0 Å². The molecule has 0 saturated carbocycles. The van der Waals surface area contributed by atoms with Crippen molar-refractivity contribution in [1.29, 1.82) is 0 Å². The number of rotatable bonds is 9. The Kier molecular flexibility index (Phi) is 7.19. The number of ether oxygens (including phenoxy) is 1. The summed E-state index contributed by atoms with van der Waals surface area (Å²) >= 11 is 0. The average Bonchev–Trinajstić information content (AvgIpc) is 2.83. The number of nitrogens with zero attached hydrogens (tertiary/aromatic N) is 3. The maximum atomic E-state index is 6.08. The molecule has 0 spiro atoms. The van der Waals surface area contributed by atoms with E-state index in [9.17, 15) is 0 Å². The lowest BCUT2D eigenvalue weighted by Gasteiger charge is -2.35. The molecule has 0 fully saturated rings. The van der Waals surface area contributed by atoms with Crippen molar-refractivity contribution in [3.63, 3.8) is 0 Å². The molecule has 116 valence electrons. The molecule has 1 aromatic heterocycles. The van der Waals surface area contributed by atoms with Crippen LogP contribution in [0.5, 0.6) is 0 Å². The van der Waals surface area contributed by atoms with Crippen molar-refractivity contribution in [2.75, 3.05) is 26.8 Å². The highest BCUT2D eigenvalue weighted by molar-refractivity contribution is 5.22. The monoisotopic (exact) mass is 282 g/mol. The maximum absolute atomic E-state index is 6.08. The molecule has 0 aliphatic rings. The van der Waals surface area contributed by atoms with E-state index < -0.39 is 0 Å². The van der Waals surface area contributed by atoms with Crippen LogP contribution in [0.2, 0.25) is 0 Å². The van der Waals surface area contributed by atoms with E-state index in [-0.39, 0.29) is 6.04 Å². The van der Waals surface area contributed by atoms with Gasteiger partial charge >= 0.3 is 0 Å². The summed E-state index contributed by atoms with van der Waals surface area (Å²) in [6.07, 6.45) is 4.14. The van der Waals surface area contributed by atoms with Crippen LogP contribution in [0.1, 0.15) is 44.5 Å². The first-order valence-electron chi connectivity index (χ1n) is 7.56. The van der Waals surface area contributed by atoms with E-state index in [2.05, 4.69) is 37.0 Å². The fraction of sp³-hybridized carbons (Fsp3) is 0.800. The van der Waals surface area contributed by atoms with E-state index in [1.54, 1.807) is 7.11 Å². The molecule has 0 saturated heterocycles. The van der Waals surface area contributed by atoms with E-state index in [1.807, 2.05) is 11.7 Å². The van der Waals surface area contributed by atoms with Crippen LogP contribution in [0.25, 0.3) is 0 Å². The van der Waals surface area contributed by atoms with Gasteiger partial charge in [-0.2, -0.15) is 5.10 Å². The SMILES string of the molecule is CCc1nn(C)cc1C(CN)N(CCOC)C(C)CC. The third kappa shape index (κ3) is 4.04. The summed E-state index contributed by atoms with van der Waals surface area (Å²) in [6.45, 7) is 8.82. The van der Waals surface area contributed by atoms with Gasteiger partial charge in [0.05, 0.1) is 18.3 Å². The molecule has 1 aromatic rings. The molecule has 0 aliphatic heterocycles. The predicted octanol–water partition coefficient (Wildman–Crippen LogP) is 1.73. The zero-order chi connectivity index (χ0) is 15.1. The number of aryl methyl sites for hydroxylation is 2. The summed E-state index contributed by atoms with van der Waals surface area (Å²) in [7, 11) is 3.72. The first-order chi connectivity index (χ1) is 9.58. The van der Waals surface area contributed by atoms with Crippen molar-refractivity contribution in [2.24, 2.45) is 12.8 Å². The van der Waals surface area contributed by atoms with Gasteiger partial charge in [0.15, 0.2) is 0 Å². The van der Waals surface area contributed by atoms with Crippen LogP contribution in [0.4, 0.5) is 0 Å². The minimum atomic E-state index is 0.212. The Morgan fingerprint density at radius 3 is 2.65 bits per heavy atom. The highest BCUT2D eigenvalue weighted by Crippen LogP contribution is 2.25. The average molecular weight is 282 g/mol. The Balaban J connectivity index is 3.04. The first kappa shape index (κ1) is 17.1. The van der Waals surface area contributed by atoms with E-state index in [1.165, 1.54) is 5.56 Å². The molecular weight excluding hydrogens is 252 g/mol. The molecule has 2 N–H and O–H groups in total. The second kappa shape index (κ2) is 8.39. The number of hydrogen-bond acceptors (Lipinski definition) is 4. The third-order valence-electron chi connectivity index (χ3n) is 3.97. The molecule has 5 nitrogen and oxygen atoms in total. The summed E-state index contributed by atoms with van der Waals surface area (Å²) in [5, 5.41) is 4.55. The van der Waals surface area contributed by atoms with Gasteiger partial charge in [-0.1, -0.05) is 13.8 Å². The molecule has 2 unspecified atom stereocenters. The summed E-state index contributed by atoms with van der Waals surface area (Å²) < 4.78 is 7.15. The van der Waals surface area contributed by atoms with Gasteiger partial charge in [-0.3, -0.25) is 9.58 Å². The molecule has 0 radical (unpaired) electrons. The van der Waals surface area contributed by atoms with Crippen LogP contribution < -0.4 is 5.73 Å². The maximum Gasteiger partial charge on any atom is 0.0670 e. The highest BCUT2D eigenvalue weighted by atomic mass is 16.5. The van der Waals surface area contributed by atoms with Gasteiger partial charge in [0.1, 0.15) is 0 Å². The summed E-state index contributed by atoms with van der Waals surface area (Å²) in [4.78, 5) is 2.44. The fourth-order valence-electron chi connectivity index (χ4n) is 2.66. The van der Waals surface area contributed by atoms with E-state index in [4.69, 9.17) is 10.5 Å². The van der Waals surface area contributed by atoms with Crippen LogP contribution in [0.3, 0.4) is 0 Å². The fourth-order valence-corrected chi connectivity index (χ4v) is 2.66. The summed E-state index contributed by atoms with van der Waals surface area (Å²) in [5.74, 6) is 0. The molecule has 1 heterocycles. The minimum Gasteiger partial charge on any atom is -0.383 e. The largest absolute Gasteiger partial charge is 0.383 e. The van der Waals surface area contributed by atoms with Crippen molar-refractivity contribution < 1.29 is 4.74 Å². The topological polar surface area (TPSA) is 56.3 Å². The smallest absolute Gasteiger partial charge is 0.0670 e. The molecule has 0 bridgehead atoms. The van der Waals surface area contributed by atoms with Gasteiger partial charge in [0.2, 0.25) is 0 Å². The molecule has 2 atom stereocenters. The number of hydrogen-bond donors (Lipinski definition) is 1. The summed E-state index contributed by atoms with van der Waals surface area (Å²) in [5.41, 5.74) is 8.49. The third-order valence-corrected chi connectivity index (χ3v) is 3.97. The van der Waals surface area contributed by atoms with Crippen molar-refractivity contribution in [1.82, 2.24) is 14.7 Å². The Morgan fingerprint density at radius 2 is 2.15 bits per heavy atom. The Hall–Kier alpha value is -0.910. The van der Waals surface area contributed by atoms with Crippen LogP contribution in [0, 0.1) is 0 Å². The molecule has 20 heavy (non-hydrogen) atoms. The molecule has 5 heteroatoms. The number of methoxy groups -OCH3 is 1. The quantitative estimate of drug-likeness (QED) is 0.749. The van der Waals surface area contributed by atoms with Gasteiger partial charge in [0.25, 0.3) is 0 Å². The van der Waals surface area contributed by atoms with Gasteiger partial charge < -0.3 is 10.5 Å². The standard InChI is InChI=1S/C15H30N4O/c1-6-12(3)19(8-9-20-5)15(10-16)13-11-18(4)17-14(13)7-2/h11-12,15H,6-10,16H2,1-5H3.